The molecule has 0 atom stereocenters. The Morgan fingerprint density at radius 3 is 1.93 bits per heavy atom. The van der Waals surface area contributed by atoms with Crippen LogP contribution in [0, 0.1) is 0 Å². The molecular weight excluding hydrogens is 280 g/mol. The topological polar surface area (TPSA) is 68.3 Å². The van der Waals surface area contributed by atoms with E-state index >= 15 is 0 Å². The van der Waals surface area contributed by atoms with Crippen molar-refractivity contribution in [1.82, 2.24) is 0 Å². The van der Waals surface area contributed by atoms with E-state index in [1.54, 1.807) is 0 Å². The van der Waals surface area contributed by atoms with Gasteiger partial charge >= 0.3 is 0 Å². The Balaban J connectivity index is 3.28. The average molecular weight is 289 g/mol. The number of halogens is 1. The van der Waals surface area contributed by atoms with Gasteiger partial charge in [-0.3, -0.25) is 0 Å². The fourth-order valence-electron chi connectivity index (χ4n) is 0.820. The maximum absolute atomic E-state index is 11.6. The summed E-state index contributed by atoms with van der Waals surface area (Å²) in [6.45, 7) is 3.06. The lowest BCUT2D eigenvalue weighted by atomic mass is 10.6. The zero-order chi connectivity index (χ0) is 11.9. The normalized spacial score (nSPS) is 13.3. The van der Waals surface area contributed by atoms with Gasteiger partial charge in [-0.2, -0.15) is 0 Å². The third-order valence-corrected chi connectivity index (χ3v) is 7.56. The van der Waals surface area contributed by atoms with Crippen LogP contribution in [0.1, 0.15) is 13.8 Å². The second-order valence-electron chi connectivity index (χ2n) is 3.11. The maximum atomic E-state index is 11.6. The van der Waals surface area contributed by atoms with Crippen LogP contribution in [0.3, 0.4) is 0 Å². The molecule has 0 aliphatic heterocycles. The Bertz CT molecular complexity index is 553. The van der Waals surface area contributed by atoms with Crippen LogP contribution in [0.25, 0.3) is 0 Å². The van der Waals surface area contributed by atoms with E-state index in [9.17, 15) is 16.8 Å². The van der Waals surface area contributed by atoms with Crippen molar-refractivity contribution in [2.75, 3.05) is 0 Å². The maximum Gasteiger partial charge on any atom is 0.270 e. The quantitative estimate of drug-likeness (QED) is 0.796. The first-order valence-corrected chi connectivity index (χ1v) is 8.61. The molecule has 0 aliphatic rings. The summed E-state index contributed by atoms with van der Waals surface area (Å²) < 4.78 is 45.0. The molecule has 0 fully saturated rings. The standard InChI is InChI=1S/C7H9ClO4S3/c1-5(2)14(9,10)6-3-4-7(13-6)15(8,11)12/h3-5H,1-2H3. The van der Waals surface area contributed by atoms with Gasteiger partial charge in [-0.15, -0.1) is 11.3 Å². The van der Waals surface area contributed by atoms with E-state index in [2.05, 4.69) is 0 Å². The molecule has 0 radical (unpaired) electrons. The van der Waals surface area contributed by atoms with Gasteiger partial charge in [0.15, 0.2) is 9.84 Å². The molecule has 1 rings (SSSR count). The molecule has 0 spiro atoms. The van der Waals surface area contributed by atoms with E-state index in [4.69, 9.17) is 10.7 Å². The fourth-order valence-corrected chi connectivity index (χ4v) is 4.82. The highest BCUT2D eigenvalue weighted by molar-refractivity contribution is 8.15. The van der Waals surface area contributed by atoms with Crippen LogP contribution in [-0.4, -0.2) is 22.1 Å². The summed E-state index contributed by atoms with van der Waals surface area (Å²) in [4.78, 5) is 0. The monoisotopic (exact) mass is 288 g/mol. The van der Waals surface area contributed by atoms with Crippen LogP contribution in [-0.2, 0) is 18.9 Å². The molecule has 86 valence electrons. The first kappa shape index (κ1) is 13.0. The van der Waals surface area contributed by atoms with Crippen LogP contribution in [0.2, 0.25) is 0 Å². The Kier molecular flexibility index (Phi) is 3.49. The number of hydrogen-bond acceptors (Lipinski definition) is 5. The van der Waals surface area contributed by atoms with Crippen molar-refractivity contribution >= 4 is 40.9 Å². The van der Waals surface area contributed by atoms with Crippen LogP contribution in [0.5, 0.6) is 0 Å². The van der Waals surface area contributed by atoms with E-state index in [1.807, 2.05) is 0 Å². The molecule has 0 aromatic carbocycles. The molecule has 1 aromatic rings. The predicted octanol–water partition coefficient (Wildman–Crippen LogP) is 1.86. The molecule has 0 saturated heterocycles. The second-order valence-corrected chi connectivity index (χ2v) is 9.71. The molecule has 0 aliphatic carbocycles. The molecule has 0 amide bonds. The van der Waals surface area contributed by atoms with E-state index in [1.165, 1.54) is 26.0 Å². The first-order valence-electron chi connectivity index (χ1n) is 3.94. The Hall–Kier alpha value is -0.110. The number of rotatable bonds is 3. The third-order valence-electron chi connectivity index (χ3n) is 1.70. The predicted molar refractivity (Wildman–Crippen MR) is 59.7 cm³/mol. The Morgan fingerprint density at radius 1 is 1.13 bits per heavy atom. The van der Waals surface area contributed by atoms with Crippen molar-refractivity contribution in [3.8, 4) is 0 Å². The second kappa shape index (κ2) is 4.04. The minimum absolute atomic E-state index is 0.0247. The van der Waals surface area contributed by atoms with Crippen LogP contribution in [0.15, 0.2) is 20.6 Å². The molecule has 4 nitrogen and oxygen atoms in total. The third kappa shape index (κ3) is 2.72. The van der Waals surface area contributed by atoms with Crippen molar-refractivity contribution in [2.24, 2.45) is 0 Å². The Labute approximate surface area is 97.2 Å². The number of thiophene rings is 1. The van der Waals surface area contributed by atoms with Gasteiger partial charge < -0.3 is 0 Å². The summed E-state index contributed by atoms with van der Waals surface area (Å²) in [5.41, 5.74) is 0. The van der Waals surface area contributed by atoms with Crippen molar-refractivity contribution in [3.63, 3.8) is 0 Å². The van der Waals surface area contributed by atoms with Gasteiger partial charge in [-0.05, 0) is 26.0 Å². The molecule has 1 heterocycles. The minimum Gasteiger partial charge on any atom is -0.223 e. The fraction of sp³-hybridized carbons (Fsp3) is 0.429. The lowest BCUT2D eigenvalue weighted by Gasteiger charge is -2.03. The van der Waals surface area contributed by atoms with Gasteiger partial charge in [0.25, 0.3) is 9.05 Å². The lowest BCUT2D eigenvalue weighted by molar-refractivity contribution is 0.589. The summed E-state index contributed by atoms with van der Waals surface area (Å²) in [6, 6.07) is 2.46. The summed E-state index contributed by atoms with van der Waals surface area (Å²) in [5, 5.41) is -0.581. The average Bonchev–Trinajstić information content (AvgIpc) is 2.50. The highest BCUT2D eigenvalue weighted by Crippen LogP contribution is 2.29. The van der Waals surface area contributed by atoms with E-state index in [-0.39, 0.29) is 8.42 Å². The smallest absolute Gasteiger partial charge is 0.223 e. The molecule has 0 bridgehead atoms. The van der Waals surface area contributed by atoms with Crippen LogP contribution >= 0.6 is 22.0 Å². The lowest BCUT2D eigenvalue weighted by Crippen LogP contribution is -2.12. The van der Waals surface area contributed by atoms with Gasteiger partial charge in [0.2, 0.25) is 0 Å². The molecule has 8 heteroatoms. The van der Waals surface area contributed by atoms with Gasteiger partial charge in [-0.25, -0.2) is 16.8 Å². The van der Waals surface area contributed by atoms with Crippen molar-refractivity contribution in [2.45, 2.75) is 27.5 Å². The summed E-state index contributed by atoms with van der Waals surface area (Å²) in [7, 11) is -2.17. The Morgan fingerprint density at radius 2 is 1.60 bits per heavy atom. The van der Waals surface area contributed by atoms with Crippen molar-refractivity contribution < 1.29 is 16.8 Å². The minimum atomic E-state index is -3.84. The summed E-state index contributed by atoms with van der Waals surface area (Å²) >= 11 is 0.667. The van der Waals surface area contributed by atoms with Crippen molar-refractivity contribution in [1.29, 1.82) is 0 Å². The molecule has 0 unspecified atom stereocenters. The summed E-state index contributed by atoms with van der Waals surface area (Å²) in [6.07, 6.45) is 0. The zero-order valence-electron chi connectivity index (χ0n) is 7.97. The van der Waals surface area contributed by atoms with E-state index in [0.717, 1.165) is 0 Å². The van der Waals surface area contributed by atoms with Crippen LogP contribution in [0.4, 0.5) is 0 Å². The van der Waals surface area contributed by atoms with Crippen molar-refractivity contribution in [3.05, 3.63) is 12.1 Å². The van der Waals surface area contributed by atoms with Gasteiger partial charge in [-0.1, -0.05) is 0 Å². The molecule has 0 saturated carbocycles. The highest BCUT2D eigenvalue weighted by atomic mass is 35.7. The summed E-state index contributed by atoms with van der Waals surface area (Å²) in [5.74, 6) is 0. The van der Waals surface area contributed by atoms with Gasteiger partial charge in [0.1, 0.15) is 8.42 Å². The molecular formula is C7H9ClO4S3. The first-order chi connectivity index (χ1) is 6.65. The highest BCUT2D eigenvalue weighted by Gasteiger charge is 2.23. The van der Waals surface area contributed by atoms with E-state index < -0.39 is 24.1 Å². The van der Waals surface area contributed by atoms with Gasteiger partial charge in [0.05, 0.1) is 5.25 Å². The largest absolute Gasteiger partial charge is 0.270 e. The van der Waals surface area contributed by atoms with E-state index in [0.29, 0.717) is 11.3 Å². The number of hydrogen-bond donors (Lipinski definition) is 0. The van der Waals surface area contributed by atoms with Gasteiger partial charge in [0, 0.05) is 10.7 Å². The SMILES string of the molecule is CC(C)S(=O)(=O)c1ccc(S(=O)(=O)Cl)s1. The zero-order valence-corrected chi connectivity index (χ0v) is 11.2. The van der Waals surface area contributed by atoms with Crippen LogP contribution < -0.4 is 0 Å². The number of sulfone groups is 1. The molecule has 0 N–H and O–H groups in total. The molecule has 15 heavy (non-hydrogen) atoms. The molecule has 1 aromatic heterocycles.